The molecule has 0 spiro atoms. The first kappa shape index (κ1) is 12.9. The molecule has 6 nitrogen and oxygen atoms in total. The van der Waals surface area contributed by atoms with E-state index in [0.717, 1.165) is 13.1 Å². The lowest BCUT2D eigenvalue weighted by atomic mass is 10.1. The molecule has 6 heteroatoms. The van der Waals surface area contributed by atoms with Crippen molar-refractivity contribution in [2.45, 2.75) is 13.5 Å². The summed E-state index contributed by atoms with van der Waals surface area (Å²) >= 11 is 0. The summed E-state index contributed by atoms with van der Waals surface area (Å²) in [5.74, 6) is 1.14. The first-order valence-corrected chi connectivity index (χ1v) is 6.81. The van der Waals surface area contributed by atoms with Crippen molar-refractivity contribution in [2.75, 3.05) is 36.9 Å². The fraction of sp³-hybridized carbons (Fsp3) is 0.429. The summed E-state index contributed by atoms with van der Waals surface area (Å²) in [5.41, 5.74) is 8.37. The Labute approximate surface area is 118 Å². The van der Waals surface area contributed by atoms with Crippen LogP contribution in [0.2, 0.25) is 0 Å². The van der Waals surface area contributed by atoms with Gasteiger partial charge in [-0.3, -0.25) is 0 Å². The molecule has 2 aromatic rings. The number of hydrogen-bond acceptors (Lipinski definition) is 5. The number of rotatable bonds is 3. The van der Waals surface area contributed by atoms with Gasteiger partial charge >= 0.3 is 0 Å². The molecule has 3 rings (SSSR count). The van der Waals surface area contributed by atoms with E-state index >= 15 is 0 Å². The van der Waals surface area contributed by atoms with Gasteiger partial charge in [0, 0.05) is 13.1 Å². The van der Waals surface area contributed by atoms with Crippen LogP contribution >= 0.6 is 0 Å². The molecule has 0 saturated carbocycles. The zero-order valence-electron chi connectivity index (χ0n) is 11.6. The molecule has 0 aliphatic carbocycles. The van der Waals surface area contributed by atoms with Gasteiger partial charge < -0.3 is 15.4 Å². The van der Waals surface area contributed by atoms with E-state index in [2.05, 4.69) is 46.2 Å². The number of nitrogen functional groups attached to an aromatic ring is 1. The van der Waals surface area contributed by atoms with Gasteiger partial charge in [-0.2, -0.15) is 4.98 Å². The standard InChI is InChI=1S/C14H19N5O/c1-11-2-4-12(5-3-11)10-19-13(15)16-14(17-19)18-6-8-20-9-7-18/h2-5H,6-10H2,1H3,(H2,15,16,17). The lowest BCUT2D eigenvalue weighted by molar-refractivity contribution is 0.122. The number of morpholine rings is 1. The number of benzene rings is 1. The Morgan fingerprint density at radius 1 is 1.20 bits per heavy atom. The van der Waals surface area contributed by atoms with E-state index in [1.165, 1.54) is 11.1 Å². The van der Waals surface area contributed by atoms with Crippen LogP contribution in [-0.4, -0.2) is 41.1 Å². The van der Waals surface area contributed by atoms with Crippen LogP contribution in [0.3, 0.4) is 0 Å². The second kappa shape index (κ2) is 5.50. The number of ether oxygens (including phenoxy) is 1. The molecule has 1 aliphatic rings. The Hall–Kier alpha value is -2.08. The Bertz CT molecular complexity index is 572. The molecule has 0 amide bonds. The summed E-state index contributed by atoms with van der Waals surface area (Å²) in [6.45, 7) is 5.77. The highest BCUT2D eigenvalue weighted by molar-refractivity contribution is 5.36. The number of hydrogen-bond donors (Lipinski definition) is 1. The topological polar surface area (TPSA) is 69.2 Å². The van der Waals surface area contributed by atoms with Crippen molar-refractivity contribution >= 4 is 11.9 Å². The quantitative estimate of drug-likeness (QED) is 0.905. The van der Waals surface area contributed by atoms with Gasteiger partial charge in [-0.15, -0.1) is 5.10 Å². The Morgan fingerprint density at radius 2 is 1.90 bits per heavy atom. The van der Waals surface area contributed by atoms with Crippen molar-refractivity contribution in [3.63, 3.8) is 0 Å². The van der Waals surface area contributed by atoms with Crippen LogP contribution in [0.15, 0.2) is 24.3 Å². The normalized spacial score (nSPS) is 15.6. The molecule has 20 heavy (non-hydrogen) atoms. The first-order valence-electron chi connectivity index (χ1n) is 6.81. The van der Waals surface area contributed by atoms with Crippen LogP contribution in [0.5, 0.6) is 0 Å². The summed E-state index contributed by atoms with van der Waals surface area (Å²) in [6.07, 6.45) is 0. The lowest BCUT2D eigenvalue weighted by Crippen LogP contribution is -2.37. The fourth-order valence-electron chi connectivity index (χ4n) is 2.22. The number of nitrogens with two attached hydrogens (primary N) is 1. The molecule has 1 aliphatic heterocycles. The highest BCUT2D eigenvalue weighted by atomic mass is 16.5. The molecule has 2 N–H and O–H groups in total. The van der Waals surface area contributed by atoms with E-state index in [4.69, 9.17) is 10.5 Å². The smallest absolute Gasteiger partial charge is 0.246 e. The number of nitrogens with zero attached hydrogens (tertiary/aromatic N) is 4. The molecule has 0 unspecified atom stereocenters. The van der Waals surface area contributed by atoms with Crippen molar-refractivity contribution in [2.24, 2.45) is 0 Å². The van der Waals surface area contributed by atoms with Crippen LogP contribution in [-0.2, 0) is 11.3 Å². The second-order valence-corrected chi connectivity index (χ2v) is 5.01. The van der Waals surface area contributed by atoms with Crippen LogP contribution < -0.4 is 10.6 Å². The monoisotopic (exact) mass is 273 g/mol. The Morgan fingerprint density at radius 3 is 2.60 bits per heavy atom. The predicted octanol–water partition coefficient (Wildman–Crippen LogP) is 1.05. The van der Waals surface area contributed by atoms with Gasteiger partial charge in [0.1, 0.15) is 0 Å². The highest BCUT2D eigenvalue weighted by Crippen LogP contribution is 2.14. The lowest BCUT2D eigenvalue weighted by Gasteiger charge is -2.25. The van der Waals surface area contributed by atoms with Crippen LogP contribution in [0.25, 0.3) is 0 Å². The van der Waals surface area contributed by atoms with Crippen LogP contribution in [0, 0.1) is 6.92 Å². The van der Waals surface area contributed by atoms with Crippen LogP contribution in [0.1, 0.15) is 11.1 Å². The van der Waals surface area contributed by atoms with Gasteiger partial charge in [-0.25, -0.2) is 4.68 Å². The third-order valence-electron chi connectivity index (χ3n) is 3.44. The highest BCUT2D eigenvalue weighted by Gasteiger charge is 2.17. The molecule has 1 saturated heterocycles. The summed E-state index contributed by atoms with van der Waals surface area (Å²) in [6, 6.07) is 8.35. The van der Waals surface area contributed by atoms with Crippen molar-refractivity contribution in [1.29, 1.82) is 0 Å². The second-order valence-electron chi connectivity index (χ2n) is 5.01. The summed E-state index contributed by atoms with van der Waals surface area (Å²) in [5, 5.41) is 4.50. The fourth-order valence-corrected chi connectivity index (χ4v) is 2.22. The molecule has 2 heterocycles. The Kier molecular flexibility index (Phi) is 3.56. The average Bonchev–Trinajstić information content (AvgIpc) is 2.84. The maximum absolute atomic E-state index is 5.96. The molecule has 0 radical (unpaired) electrons. The number of aromatic nitrogens is 3. The van der Waals surface area contributed by atoms with E-state index in [0.29, 0.717) is 31.7 Å². The minimum absolute atomic E-state index is 0.451. The minimum Gasteiger partial charge on any atom is -0.378 e. The molecule has 1 fully saturated rings. The van der Waals surface area contributed by atoms with Crippen molar-refractivity contribution in [3.05, 3.63) is 35.4 Å². The van der Waals surface area contributed by atoms with Crippen molar-refractivity contribution in [1.82, 2.24) is 14.8 Å². The van der Waals surface area contributed by atoms with Gasteiger partial charge in [0.05, 0.1) is 19.8 Å². The molecular formula is C14H19N5O. The molecule has 0 atom stereocenters. The van der Waals surface area contributed by atoms with E-state index in [-0.39, 0.29) is 0 Å². The molecule has 1 aromatic heterocycles. The van der Waals surface area contributed by atoms with Crippen molar-refractivity contribution in [3.8, 4) is 0 Å². The van der Waals surface area contributed by atoms with E-state index in [1.54, 1.807) is 4.68 Å². The van der Waals surface area contributed by atoms with Crippen molar-refractivity contribution < 1.29 is 4.74 Å². The van der Waals surface area contributed by atoms with E-state index in [9.17, 15) is 0 Å². The average molecular weight is 273 g/mol. The molecular weight excluding hydrogens is 254 g/mol. The zero-order valence-corrected chi connectivity index (χ0v) is 11.6. The number of aryl methyl sites for hydroxylation is 1. The Balaban J connectivity index is 1.76. The third kappa shape index (κ3) is 2.75. The number of anilines is 2. The van der Waals surface area contributed by atoms with Gasteiger partial charge in [0.2, 0.25) is 11.9 Å². The summed E-state index contributed by atoms with van der Waals surface area (Å²) in [4.78, 5) is 6.45. The van der Waals surface area contributed by atoms with Gasteiger partial charge in [-0.1, -0.05) is 29.8 Å². The summed E-state index contributed by atoms with van der Waals surface area (Å²) in [7, 11) is 0. The minimum atomic E-state index is 0.451. The zero-order chi connectivity index (χ0) is 13.9. The van der Waals surface area contributed by atoms with Gasteiger partial charge in [0.25, 0.3) is 0 Å². The molecule has 106 valence electrons. The van der Waals surface area contributed by atoms with Gasteiger partial charge in [-0.05, 0) is 12.5 Å². The third-order valence-corrected chi connectivity index (χ3v) is 3.44. The largest absolute Gasteiger partial charge is 0.378 e. The van der Waals surface area contributed by atoms with E-state index in [1.807, 2.05) is 0 Å². The summed E-state index contributed by atoms with van der Waals surface area (Å²) < 4.78 is 7.08. The SMILES string of the molecule is Cc1ccc(Cn2nc(N3CCOCC3)nc2N)cc1. The van der Waals surface area contributed by atoms with Gasteiger partial charge in [0.15, 0.2) is 0 Å². The van der Waals surface area contributed by atoms with E-state index < -0.39 is 0 Å². The predicted molar refractivity (Wildman–Crippen MR) is 77.7 cm³/mol. The first-order chi connectivity index (χ1) is 9.72. The molecule has 0 bridgehead atoms. The molecule has 1 aromatic carbocycles. The maximum Gasteiger partial charge on any atom is 0.246 e. The maximum atomic E-state index is 5.96. The van der Waals surface area contributed by atoms with Crippen LogP contribution in [0.4, 0.5) is 11.9 Å².